The van der Waals surface area contributed by atoms with E-state index in [1.807, 2.05) is 0 Å². The Morgan fingerprint density at radius 2 is 1.07 bits per heavy atom. The Labute approximate surface area is 90.5 Å². The minimum atomic E-state index is 0.931. The zero-order valence-electron chi connectivity index (χ0n) is 10.9. The van der Waals surface area contributed by atoms with Crippen LogP contribution in [0.5, 0.6) is 0 Å². The van der Waals surface area contributed by atoms with E-state index >= 15 is 0 Å². The fourth-order valence-electron chi connectivity index (χ4n) is 3.60. The molecule has 1 aliphatic carbocycles. The van der Waals surface area contributed by atoms with Crippen LogP contribution in [0.25, 0.3) is 0 Å². The third-order valence-corrected chi connectivity index (χ3v) is 5.09. The van der Waals surface area contributed by atoms with E-state index in [0.29, 0.717) is 0 Å². The maximum Gasteiger partial charge on any atom is -0.0327 e. The van der Waals surface area contributed by atoms with Gasteiger partial charge in [-0.2, -0.15) is 0 Å². The molecule has 0 nitrogen and oxygen atoms in total. The van der Waals surface area contributed by atoms with Crippen LogP contribution >= 0.6 is 0 Å². The lowest BCUT2D eigenvalue weighted by Crippen LogP contribution is -2.49. The van der Waals surface area contributed by atoms with Gasteiger partial charge in [0.2, 0.25) is 0 Å². The van der Waals surface area contributed by atoms with Gasteiger partial charge >= 0.3 is 0 Å². The predicted octanol–water partition coefficient (Wildman–Crippen LogP) is 4.60. The Balaban J connectivity index is 2.64. The smallest absolute Gasteiger partial charge is 0.0327 e. The van der Waals surface area contributed by atoms with E-state index in [4.69, 9.17) is 0 Å². The van der Waals surface area contributed by atoms with E-state index < -0.39 is 0 Å². The third-order valence-electron chi connectivity index (χ3n) is 5.09. The Bertz CT molecular complexity index is 145. The summed E-state index contributed by atoms with van der Waals surface area (Å²) in [4.78, 5) is 0. The van der Waals surface area contributed by atoms with Crippen molar-refractivity contribution in [2.45, 2.75) is 54.4 Å². The number of rotatable bonds is 4. The van der Waals surface area contributed by atoms with Gasteiger partial charge in [0, 0.05) is 0 Å². The molecule has 1 aliphatic rings. The lowest BCUT2D eigenvalue weighted by Gasteiger charge is -2.55. The van der Waals surface area contributed by atoms with Gasteiger partial charge in [-0.15, -0.1) is 0 Å². The maximum absolute atomic E-state index is 2.46. The third kappa shape index (κ3) is 1.85. The minimum Gasteiger partial charge on any atom is -0.0651 e. The Morgan fingerprint density at radius 3 is 1.29 bits per heavy atom. The van der Waals surface area contributed by atoms with Gasteiger partial charge in [0.1, 0.15) is 0 Å². The topological polar surface area (TPSA) is 0 Å². The highest BCUT2D eigenvalue weighted by Crippen LogP contribution is 2.53. The SMILES string of the molecule is CC[C@@H](C)[C@@H]1[C@H](C)[C@H](C)[C@@H]1[C@H](C)CC. The predicted molar refractivity (Wildman–Crippen MR) is 64.2 cm³/mol. The Hall–Kier alpha value is 0. The zero-order chi connectivity index (χ0) is 10.9. The van der Waals surface area contributed by atoms with E-state index in [9.17, 15) is 0 Å². The van der Waals surface area contributed by atoms with Crippen LogP contribution in [0, 0.1) is 35.5 Å². The van der Waals surface area contributed by atoms with Crippen LogP contribution < -0.4 is 0 Å². The molecule has 0 heterocycles. The van der Waals surface area contributed by atoms with Crippen molar-refractivity contribution in [3.05, 3.63) is 0 Å². The molecular formula is C14H28. The van der Waals surface area contributed by atoms with Crippen LogP contribution in [0.3, 0.4) is 0 Å². The molecule has 1 fully saturated rings. The quantitative estimate of drug-likeness (QED) is 0.616. The summed E-state index contributed by atoms with van der Waals surface area (Å²) in [5, 5.41) is 0. The summed E-state index contributed by atoms with van der Waals surface area (Å²) < 4.78 is 0. The summed E-state index contributed by atoms with van der Waals surface area (Å²) in [6.45, 7) is 14.5. The first-order valence-corrected chi connectivity index (χ1v) is 6.54. The molecule has 0 aromatic heterocycles. The summed E-state index contributed by atoms with van der Waals surface area (Å²) in [5.41, 5.74) is 0. The van der Waals surface area contributed by atoms with E-state index in [1.165, 1.54) is 12.8 Å². The molecule has 0 aromatic rings. The van der Waals surface area contributed by atoms with Gasteiger partial charge < -0.3 is 0 Å². The second kappa shape index (κ2) is 4.68. The molecule has 1 rings (SSSR count). The van der Waals surface area contributed by atoms with Crippen molar-refractivity contribution in [3.8, 4) is 0 Å². The standard InChI is InChI=1S/C14H28/c1-7-9(3)13-11(5)12(6)14(13)10(4)8-2/h9-14H,7-8H2,1-6H3/t9-,10-,11-,12+,13-,14+/m1/s1. The fraction of sp³-hybridized carbons (Fsp3) is 1.00. The van der Waals surface area contributed by atoms with Gasteiger partial charge in [-0.25, -0.2) is 0 Å². The van der Waals surface area contributed by atoms with Crippen molar-refractivity contribution in [2.75, 3.05) is 0 Å². The first-order chi connectivity index (χ1) is 6.54. The minimum absolute atomic E-state index is 0.931. The molecular weight excluding hydrogens is 168 g/mol. The molecule has 0 bridgehead atoms. The van der Waals surface area contributed by atoms with E-state index in [0.717, 1.165) is 35.5 Å². The summed E-state index contributed by atoms with van der Waals surface area (Å²) in [6, 6.07) is 0. The second-order valence-electron chi connectivity index (χ2n) is 5.64. The molecule has 1 saturated carbocycles. The summed E-state index contributed by atoms with van der Waals surface area (Å²) >= 11 is 0. The zero-order valence-corrected chi connectivity index (χ0v) is 10.9. The Kier molecular flexibility index (Phi) is 4.04. The number of hydrogen-bond acceptors (Lipinski definition) is 0. The Morgan fingerprint density at radius 1 is 0.786 bits per heavy atom. The maximum atomic E-state index is 2.46. The van der Waals surface area contributed by atoms with E-state index in [2.05, 4.69) is 41.5 Å². The average molecular weight is 196 g/mol. The monoisotopic (exact) mass is 196 g/mol. The van der Waals surface area contributed by atoms with Gasteiger partial charge in [0.05, 0.1) is 0 Å². The molecule has 0 unspecified atom stereocenters. The van der Waals surface area contributed by atoms with Crippen molar-refractivity contribution in [2.24, 2.45) is 35.5 Å². The highest BCUT2D eigenvalue weighted by molar-refractivity contribution is 4.96. The lowest BCUT2D eigenvalue weighted by molar-refractivity contribution is -0.0677. The highest BCUT2D eigenvalue weighted by Gasteiger charge is 2.48. The molecule has 6 atom stereocenters. The molecule has 0 heteroatoms. The molecule has 84 valence electrons. The molecule has 14 heavy (non-hydrogen) atoms. The molecule has 0 spiro atoms. The van der Waals surface area contributed by atoms with Crippen molar-refractivity contribution in [1.82, 2.24) is 0 Å². The van der Waals surface area contributed by atoms with Crippen LogP contribution in [0.2, 0.25) is 0 Å². The highest BCUT2D eigenvalue weighted by atomic mass is 14.5. The van der Waals surface area contributed by atoms with Crippen LogP contribution in [-0.2, 0) is 0 Å². The summed E-state index contributed by atoms with van der Waals surface area (Å²) in [6.07, 6.45) is 2.71. The van der Waals surface area contributed by atoms with Gasteiger partial charge in [0.25, 0.3) is 0 Å². The van der Waals surface area contributed by atoms with Crippen molar-refractivity contribution in [1.29, 1.82) is 0 Å². The van der Waals surface area contributed by atoms with Crippen LogP contribution in [-0.4, -0.2) is 0 Å². The van der Waals surface area contributed by atoms with Gasteiger partial charge in [-0.1, -0.05) is 54.4 Å². The molecule has 0 saturated heterocycles. The molecule has 0 aliphatic heterocycles. The van der Waals surface area contributed by atoms with Crippen LogP contribution in [0.1, 0.15) is 54.4 Å². The summed E-state index contributed by atoms with van der Waals surface area (Å²) in [7, 11) is 0. The van der Waals surface area contributed by atoms with E-state index in [-0.39, 0.29) is 0 Å². The first-order valence-electron chi connectivity index (χ1n) is 6.54. The molecule has 0 N–H and O–H groups in total. The lowest BCUT2D eigenvalue weighted by atomic mass is 9.50. The van der Waals surface area contributed by atoms with Crippen molar-refractivity contribution >= 4 is 0 Å². The van der Waals surface area contributed by atoms with Gasteiger partial charge in [0.15, 0.2) is 0 Å². The van der Waals surface area contributed by atoms with Crippen molar-refractivity contribution < 1.29 is 0 Å². The average Bonchev–Trinajstić information content (AvgIpc) is 2.22. The van der Waals surface area contributed by atoms with E-state index in [1.54, 1.807) is 0 Å². The molecule has 0 aromatic carbocycles. The van der Waals surface area contributed by atoms with Crippen molar-refractivity contribution in [3.63, 3.8) is 0 Å². The fourth-order valence-corrected chi connectivity index (χ4v) is 3.60. The normalized spacial score (nSPS) is 41.6. The molecule has 0 radical (unpaired) electrons. The van der Waals surface area contributed by atoms with Crippen LogP contribution in [0.4, 0.5) is 0 Å². The van der Waals surface area contributed by atoms with Gasteiger partial charge in [-0.05, 0) is 35.5 Å². The summed E-state index contributed by atoms with van der Waals surface area (Å²) in [5.74, 6) is 5.79. The first kappa shape index (κ1) is 12.1. The van der Waals surface area contributed by atoms with Gasteiger partial charge in [-0.3, -0.25) is 0 Å². The number of hydrogen-bond donors (Lipinski definition) is 0. The second-order valence-corrected chi connectivity index (χ2v) is 5.64. The molecule has 0 amide bonds. The van der Waals surface area contributed by atoms with Crippen LogP contribution in [0.15, 0.2) is 0 Å². The largest absolute Gasteiger partial charge is 0.0651 e.